The monoisotopic (exact) mass is 326 g/mol. The van der Waals surface area contributed by atoms with Gasteiger partial charge in [-0.05, 0) is 32.2 Å². The van der Waals surface area contributed by atoms with E-state index in [0.717, 1.165) is 4.88 Å². The summed E-state index contributed by atoms with van der Waals surface area (Å²) in [6, 6.07) is 3.05. The normalized spacial score (nSPS) is 18.0. The van der Waals surface area contributed by atoms with Gasteiger partial charge in [0, 0.05) is 31.1 Å². The summed E-state index contributed by atoms with van der Waals surface area (Å²) >= 11 is 1.44. The molecule has 1 aliphatic heterocycles. The maximum absolute atomic E-state index is 12.0. The van der Waals surface area contributed by atoms with Crippen LogP contribution in [-0.4, -0.2) is 58.7 Å². The van der Waals surface area contributed by atoms with E-state index in [1.54, 1.807) is 4.90 Å². The fourth-order valence-electron chi connectivity index (χ4n) is 2.39. The Morgan fingerprint density at radius 1 is 1.27 bits per heavy atom. The molecule has 0 bridgehead atoms. The van der Waals surface area contributed by atoms with Crippen LogP contribution in [0.4, 0.5) is 4.79 Å². The van der Waals surface area contributed by atoms with Crippen LogP contribution in [-0.2, 0) is 9.53 Å². The lowest BCUT2D eigenvalue weighted by Gasteiger charge is -2.37. The predicted octanol–water partition coefficient (Wildman–Crippen LogP) is 2.43. The zero-order valence-electron chi connectivity index (χ0n) is 13.1. The molecule has 1 amide bonds. The van der Waals surface area contributed by atoms with E-state index in [0.29, 0.717) is 26.2 Å². The first-order valence-electron chi connectivity index (χ1n) is 7.26. The molecule has 22 heavy (non-hydrogen) atoms. The first-order valence-corrected chi connectivity index (χ1v) is 8.14. The maximum Gasteiger partial charge on any atom is 0.410 e. The minimum Gasteiger partial charge on any atom is -0.480 e. The van der Waals surface area contributed by atoms with Gasteiger partial charge in [0.15, 0.2) is 0 Å². The van der Waals surface area contributed by atoms with E-state index in [1.165, 1.54) is 11.3 Å². The topological polar surface area (TPSA) is 70.1 Å². The molecule has 1 aliphatic rings. The van der Waals surface area contributed by atoms with Gasteiger partial charge >= 0.3 is 12.1 Å². The smallest absolute Gasteiger partial charge is 0.410 e. The second-order valence-electron chi connectivity index (χ2n) is 6.26. The Bertz CT molecular complexity index is 516. The van der Waals surface area contributed by atoms with E-state index in [4.69, 9.17) is 4.74 Å². The van der Waals surface area contributed by atoms with Crippen LogP contribution in [0.5, 0.6) is 0 Å². The fraction of sp³-hybridized carbons (Fsp3) is 0.600. The van der Waals surface area contributed by atoms with Gasteiger partial charge in [0.1, 0.15) is 11.6 Å². The second-order valence-corrected chi connectivity index (χ2v) is 7.24. The van der Waals surface area contributed by atoms with Gasteiger partial charge in [0.05, 0.1) is 0 Å². The van der Waals surface area contributed by atoms with Crippen LogP contribution in [0.15, 0.2) is 17.5 Å². The molecule has 1 aromatic heterocycles. The maximum atomic E-state index is 12.0. The van der Waals surface area contributed by atoms with Crippen molar-refractivity contribution < 1.29 is 19.4 Å². The molecule has 1 N–H and O–H groups in total. The summed E-state index contributed by atoms with van der Waals surface area (Å²) in [5, 5.41) is 11.4. The van der Waals surface area contributed by atoms with Gasteiger partial charge in [0.25, 0.3) is 0 Å². The number of carbonyl (C=O) groups excluding carboxylic acids is 1. The van der Waals surface area contributed by atoms with Crippen molar-refractivity contribution in [3.05, 3.63) is 22.4 Å². The van der Waals surface area contributed by atoms with E-state index in [1.807, 2.05) is 43.2 Å². The van der Waals surface area contributed by atoms with Crippen molar-refractivity contribution in [3.63, 3.8) is 0 Å². The number of amides is 1. The summed E-state index contributed by atoms with van der Waals surface area (Å²) in [5.74, 6) is -0.854. The molecule has 1 saturated heterocycles. The first kappa shape index (κ1) is 16.8. The van der Waals surface area contributed by atoms with Crippen LogP contribution >= 0.6 is 11.3 Å². The van der Waals surface area contributed by atoms with Crippen LogP contribution in [0.25, 0.3) is 0 Å². The molecule has 0 saturated carbocycles. The third kappa shape index (κ3) is 4.20. The van der Waals surface area contributed by atoms with Gasteiger partial charge in [-0.25, -0.2) is 4.79 Å². The number of nitrogens with zero attached hydrogens (tertiary/aromatic N) is 2. The van der Waals surface area contributed by atoms with Gasteiger partial charge in [-0.15, -0.1) is 11.3 Å². The van der Waals surface area contributed by atoms with E-state index in [9.17, 15) is 14.7 Å². The number of thiophene rings is 1. The summed E-state index contributed by atoms with van der Waals surface area (Å²) in [6.45, 7) is 7.49. The van der Waals surface area contributed by atoms with Crippen molar-refractivity contribution in [2.75, 3.05) is 26.2 Å². The molecular weight excluding hydrogens is 304 g/mol. The van der Waals surface area contributed by atoms with Crippen molar-refractivity contribution >= 4 is 23.4 Å². The highest BCUT2D eigenvalue weighted by molar-refractivity contribution is 7.10. The average molecular weight is 326 g/mol. The van der Waals surface area contributed by atoms with Gasteiger partial charge in [-0.2, -0.15) is 0 Å². The van der Waals surface area contributed by atoms with Crippen LogP contribution < -0.4 is 0 Å². The molecular formula is C15H22N2O4S. The SMILES string of the molecule is CC(C)(C)OC(=O)N1CCN(C(C(=O)O)c2cccs2)CC1. The van der Waals surface area contributed by atoms with Gasteiger partial charge in [0.2, 0.25) is 0 Å². The molecule has 1 fully saturated rings. The third-order valence-electron chi connectivity index (χ3n) is 3.38. The summed E-state index contributed by atoms with van der Waals surface area (Å²) in [6.07, 6.45) is -0.338. The lowest BCUT2D eigenvalue weighted by Crippen LogP contribution is -2.51. The number of aliphatic carboxylic acids is 1. The Hall–Kier alpha value is -1.60. The van der Waals surface area contributed by atoms with E-state index < -0.39 is 17.6 Å². The molecule has 0 radical (unpaired) electrons. The number of piperazine rings is 1. The lowest BCUT2D eigenvalue weighted by molar-refractivity contribution is -0.144. The average Bonchev–Trinajstić information content (AvgIpc) is 2.91. The van der Waals surface area contributed by atoms with Crippen molar-refractivity contribution in [3.8, 4) is 0 Å². The quantitative estimate of drug-likeness (QED) is 0.924. The molecule has 122 valence electrons. The van der Waals surface area contributed by atoms with Crippen LogP contribution in [0, 0.1) is 0 Å². The first-order chi connectivity index (χ1) is 10.3. The molecule has 7 heteroatoms. The molecule has 2 rings (SSSR count). The van der Waals surface area contributed by atoms with Crippen LogP contribution in [0.3, 0.4) is 0 Å². The Morgan fingerprint density at radius 3 is 2.36 bits per heavy atom. The standard InChI is InChI=1S/C15H22N2O4S/c1-15(2,3)21-14(20)17-8-6-16(7-9-17)12(13(18)19)11-5-4-10-22-11/h4-5,10,12H,6-9H2,1-3H3,(H,18,19). The molecule has 6 nitrogen and oxygen atoms in total. The van der Waals surface area contributed by atoms with Gasteiger partial charge in [-0.3, -0.25) is 9.69 Å². The zero-order valence-corrected chi connectivity index (χ0v) is 13.9. The van der Waals surface area contributed by atoms with Crippen LogP contribution in [0.1, 0.15) is 31.7 Å². The summed E-state index contributed by atoms with van der Waals surface area (Å²) in [4.78, 5) is 27.9. The van der Waals surface area contributed by atoms with Crippen molar-refractivity contribution in [1.82, 2.24) is 9.80 Å². The second kappa shape index (κ2) is 6.66. The number of ether oxygens (including phenoxy) is 1. The predicted molar refractivity (Wildman–Crippen MR) is 84.1 cm³/mol. The number of carboxylic acid groups (broad SMARTS) is 1. The summed E-state index contributed by atoms with van der Waals surface area (Å²) in [7, 11) is 0. The van der Waals surface area contributed by atoms with Gasteiger partial charge in [-0.1, -0.05) is 6.07 Å². The largest absolute Gasteiger partial charge is 0.480 e. The van der Waals surface area contributed by atoms with E-state index in [-0.39, 0.29) is 6.09 Å². The molecule has 0 spiro atoms. The van der Waals surface area contributed by atoms with E-state index >= 15 is 0 Å². The Morgan fingerprint density at radius 2 is 1.91 bits per heavy atom. The third-order valence-corrected chi connectivity index (χ3v) is 4.30. The Labute approximate surface area is 134 Å². The summed E-state index contributed by atoms with van der Waals surface area (Å²) < 4.78 is 5.35. The number of carbonyl (C=O) groups is 2. The Balaban J connectivity index is 1.96. The molecule has 1 unspecified atom stereocenters. The van der Waals surface area contributed by atoms with Crippen molar-refractivity contribution in [2.24, 2.45) is 0 Å². The number of hydrogen-bond donors (Lipinski definition) is 1. The highest BCUT2D eigenvalue weighted by Gasteiger charge is 2.33. The fourth-order valence-corrected chi connectivity index (χ4v) is 3.24. The molecule has 0 aromatic carbocycles. The highest BCUT2D eigenvalue weighted by Crippen LogP contribution is 2.26. The van der Waals surface area contributed by atoms with Gasteiger partial charge < -0.3 is 14.7 Å². The summed E-state index contributed by atoms with van der Waals surface area (Å²) in [5.41, 5.74) is -0.519. The molecule has 2 heterocycles. The highest BCUT2D eigenvalue weighted by atomic mass is 32.1. The van der Waals surface area contributed by atoms with Crippen LogP contribution in [0.2, 0.25) is 0 Å². The molecule has 0 aliphatic carbocycles. The number of rotatable bonds is 3. The van der Waals surface area contributed by atoms with Crippen molar-refractivity contribution in [1.29, 1.82) is 0 Å². The minimum absolute atomic E-state index is 0.338. The number of carboxylic acids is 1. The number of hydrogen-bond acceptors (Lipinski definition) is 5. The zero-order chi connectivity index (χ0) is 16.3. The lowest BCUT2D eigenvalue weighted by atomic mass is 10.1. The Kier molecular flexibility index (Phi) is 5.08. The molecule has 1 atom stereocenters. The minimum atomic E-state index is -0.854. The van der Waals surface area contributed by atoms with Crippen molar-refractivity contribution in [2.45, 2.75) is 32.4 Å². The molecule has 1 aromatic rings. The van der Waals surface area contributed by atoms with E-state index in [2.05, 4.69) is 0 Å².